The second kappa shape index (κ2) is 3.20. The molecule has 1 aromatic heterocycles. The van der Waals surface area contributed by atoms with Crippen LogP contribution in [0.5, 0.6) is 0 Å². The van der Waals surface area contributed by atoms with E-state index in [1.54, 1.807) is 24.9 Å². The number of aryl methyl sites for hydroxylation is 1. The van der Waals surface area contributed by atoms with Gasteiger partial charge < -0.3 is 10.2 Å². The Balaban J connectivity index is 2.94. The molecular weight excluding hydrogens is 158 g/mol. The smallest absolute Gasteiger partial charge is 0.0931 e. The molecule has 0 radical (unpaired) electrons. The molecule has 0 aliphatic carbocycles. The molecular formula is C7H13N3O2. The minimum Gasteiger partial charge on any atom is -0.395 e. The molecule has 5 heteroatoms. The van der Waals surface area contributed by atoms with Crippen LogP contribution in [0.3, 0.4) is 0 Å². The Labute approximate surface area is 70.6 Å². The van der Waals surface area contributed by atoms with Gasteiger partial charge in [-0.25, -0.2) is 0 Å². The van der Waals surface area contributed by atoms with Crippen molar-refractivity contribution in [2.45, 2.75) is 12.3 Å². The number of hydrogen-bond donors (Lipinski definition) is 2. The lowest BCUT2D eigenvalue weighted by Crippen LogP contribution is -2.31. The first-order chi connectivity index (χ1) is 5.62. The Morgan fingerprint density at radius 1 is 1.50 bits per heavy atom. The predicted molar refractivity (Wildman–Crippen MR) is 42.5 cm³/mol. The summed E-state index contributed by atoms with van der Waals surface area (Å²) in [5.74, 6) is 0. The molecule has 5 nitrogen and oxygen atoms in total. The van der Waals surface area contributed by atoms with Gasteiger partial charge >= 0.3 is 0 Å². The van der Waals surface area contributed by atoms with E-state index in [-0.39, 0.29) is 13.2 Å². The van der Waals surface area contributed by atoms with E-state index in [0.29, 0.717) is 5.69 Å². The largest absolute Gasteiger partial charge is 0.395 e. The molecule has 0 aromatic carbocycles. The fraction of sp³-hybridized carbons (Fsp3) is 0.714. The molecule has 0 atom stereocenters. The van der Waals surface area contributed by atoms with Gasteiger partial charge in [0, 0.05) is 13.2 Å². The van der Waals surface area contributed by atoms with Gasteiger partial charge in [0.1, 0.15) is 0 Å². The summed E-state index contributed by atoms with van der Waals surface area (Å²) in [5.41, 5.74) is -0.0798. The normalized spacial score (nSPS) is 12.0. The third kappa shape index (κ3) is 1.46. The van der Waals surface area contributed by atoms with Crippen molar-refractivity contribution in [3.05, 3.63) is 11.9 Å². The average Bonchev–Trinajstić information content (AvgIpc) is 2.51. The SMILES string of the molecule is Cn1cc(C(C)(CO)CO)nn1. The molecule has 12 heavy (non-hydrogen) atoms. The lowest BCUT2D eigenvalue weighted by Gasteiger charge is -2.20. The Morgan fingerprint density at radius 2 is 2.08 bits per heavy atom. The molecule has 68 valence electrons. The van der Waals surface area contributed by atoms with E-state index >= 15 is 0 Å². The van der Waals surface area contributed by atoms with Crippen molar-refractivity contribution >= 4 is 0 Å². The number of nitrogens with zero attached hydrogens (tertiary/aromatic N) is 3. The van der Waals surface area contributed by atoms with Crippen molar-refractivity contribution in [3.63, 3.8) is 0 Å². The Kier molecular flexibility index (Phi) is 2.44. The summed E-state index contributed by atoms with van der Waals surface area (Å²) in [6, 6.07) is 0. The van der Waals surface area contributed by atoms with Gasteiger partial charge in [-0.3, -0.25) is 4.68 Å². The van der Waals surface area contributed by atoms with Crippen molar-refractivity contribution in [1.82, 2.24) is 15.0 Å². The lowest BCUT2D eigenvalue weighted by atomic mass is 9.89. The van der Waals surface area contributed by atoms with Crippen LogP contribution in [0.15, 0.2) is 6.20 Å². The van der Waals surface area contributed by atoms with Gasteiger partial charge in [-0.2, -0.15) is 0 Å². The summed E-state index contributed by atoms with van der Waals surface area (Å²) in [4.78, 5) is 0. The zero-order valence-corrected chi connectivity index (χ0v) is 7.23. The van der Waals surface area contributed by atoms with Crippen LogP contribution in [0, 0.1) is 0 Å². The highest BCUT2D eigenvalue weighted by atomic mass is 16.3. The molecule has 0 amide bonds. The van der Waals surface area contributed by atoms with Crippen LogP contribution in [0.2, 0.25) is 0 Å². The minimum atomic E-state index is -0.686. The van der Waals surface area contributed by atoms with Crippen LogP contribution >= 0.6 is 0 Å². The summed E-state index contributed by atoms with van der Waals surface area (Å²) >= 11 is 0. The summed E-state index contributed by atoms with van der Waals surface area (Å²) < 4.78 is 1.54. The first-order valence-corrected chi connectivity index (χ1v) is 3.71. The van der Waals surface area contributed by atoms with Gasteiger partial charge in [0.2, 0.25) is 0 Å². The average molecular weight is 171 g/mol. The fourth-order valence-corrected chi connectivity index (χ4v) is 0.836. The van der Waals surface area contributed by atoms with Gasteiger partial charge in [-0.15, -0.1) is 5.10 Å². The molecule has 2 N–H and O–H groups in total. The molecule has 0 aliphatic heterocycles. The number of aromatic nitrogens is 3. The predicted octanol–water partition coefficient (Wildman–Crippen LogP) is -0.943. The molecule has 0 unspecified atom stereocenters. The van der Waals surface area contributed by atoms with E-state index < -0.39 is 5.41 Å². The highest BCUT2D eigenvalue weighted by Crippen LogP contribution is 2.19. The van der Waals surface area contributed by atoms with Crippen molar-refractivity contribution in [1.29, 1.82) is 0 Å². The van der Waals surface area contributed by atoms with Crippen molar-refractivity contribution < 1.29 is 10.2 Å². The van der Waals surface area contributed by atoms with Gasteiger partial charge in [-0.1, -0.05) is 5.21 Å². The zero-order chi connectivity index (χ0) is 9.19. The van der Waals surface area contributed by atoms with Crippen LogP contribution in [-0.2, 0) is 12.5 Å². The van der Waals surface area contributed by atoms with Crippen LogP contribution in [-0.4, -0.2) is 38.4 Å². The standard InChI is InChI=1S/C7H13N3O2/c1-7(4-11,5-12)6-3-10(2)9-8-6/h3,11-12H,4-5H2,1-2H3. The van der Waals surface area contributed by atoms with E-state index in [4.69, 9.17) is 10.2 Å². The van der Waals surface area contributed by atoms with Crippen LogP contribution in [0.1, 0.15) is 12.6 Å². The topological polar surface area (TPSA) is 71.2 Å². The van der Waals surface area contributed by atoms with Gasteiger partial charge in [0.05, 0.1) is 24.3 Å². The van der Waals surface area contributed by atoms with Gasteiger partial charge in [-0.05, 0) is 6.92 Å². The Bertz CT molecular complexity index is 255. The Morgan fingerprint density at radius 3 is 2.42 bits per heavy atom. The molecule has 0 fully saturated rings. The molecule has 0 bridgehead atoms. The van der Waals surface area contributed by atoms with Crippen LogP contribution in [0.25, 0.3) is 0 Å². The number of hydrogen-bond acceptors (Lipinski definition) is 4. The monoisotopic (exact) mass is 171 g/mol. The highest BCUT2D eigenvalue weighted by Gasteiger charge is 2.28. The van der Waals surface area contributed by atoms with Crippen molar-refractivity contribution in [3.8, 4) is 0 Å². The first-order valence-electron chi connectivity index (χ1n) is 3.71. The van der Waals surface area contributed by atoms with Gasteiger partial charge in [0.25, 0.3) is 0 Å². The summed E-state index contributed by atoms with van der Waals surface area (Å²) in [7, 11) is 1.74. The van der Waals surface area contributed by atoms with Crippen LogP contribution < -0.4 is 0 Å². The maximum atomic E-state index is 9.01. The third-order valence-corrected chi connectivity index (χ3v) is 1.92. The Hall–Kier alpha value is -0.940. The van der Waals surface area contributed by atoms with Crippen LogP contribution in [0.4, 0.5) is 0 Å². The number of rotatable bonds is 3. The zero-order valence-electron chi connectivity index (χ0n) is 7.23. The first kappa shape index (κ1) is 9.15. The maximum absolute atomic E-state index is 9.01. The maximum Gasteiger partial charge on any atom is 0.0931 e. The third-order valence-electron chi connectivity index (χ3n) is 1.92. The summed E-state index contributed by atoms with van der Waals surface area (Å²) in [6.45, 7) is 1.46. The summed E-state index contributed by atoms with van der Waals surface area (Å²) in [5, 5.41) is 25.6. The second-order valence-electron chi connectivity index (χ2n) is 3.15. The van der Waals surface area contributed by atoms with E-state index in [0.717, 1.165) is 0 Å². The molecule has 1 aromatic rings. The molecule has 0 spiro atoms. The number of aliphatic hydroxyl groups is 2. The van der Waals surface area contributed by atoms with E-state index in [1.807, 2.05) is 0 Å². The second-order valence-corrected chi connectivity index (χ2v) is 3.15. The van der Waals surface area contributed by atoms with E-state index in [1.165, 1.54) is 0 Å². The quantitative estimate of drug-likeness (QED) is 0.615. The molecule has 0 saturated heterocycles. The minimum absolute atomic E-state index is 0.137. The lowest BCUT2D eigenvalue weighted by molar-refractivity contribution is 0.126. The highest BCUT2D eigenvalue weighted by molar-refractivity contribution is 5.10. The van der Waals surface area contributed by atoms with Crippen molar-refractivity contribution in [2.75, 3.05) is 13.2 Å². The number of aliphatic hydroxyl groups excluding tert-OH is 2. The van der Waals surface area contributed by atoms with Gasteiger partial charge in [0.15, 0.2) is 0 Å². The van der Waals surface area contributed by atoms with Crippen molar-refractivity contribution in [2.24, 2.45) is 7.05 Å². The molecule has 0 saturated carbocycles. The fourth-order valence-electron chi connectivity index (χ4n) is 0.836. The van der Waals surface area contributed by atoms with E-state index in [2.05, 4.69) is 10.3 Å². The molecule has 1 heterocycles. The summed E-state index contributed by atoms with van der Waals surface area (Å²) in [6.07, 6.45) is 1.69. The molecule has 0 aliphatic rings. The molecule has 1 rings (SSSR count). The van der Waals surface area contributed by atoms with E-state index in [9.17, 15) is 0 Å².